The maximum atomic E-state index is 12.3. The van der Waals surface area contributed by atoms with E-state index in [2.05, 4.69) is 15.4 Å². The number of nitrogens with zero attached hydrogens (tertiary/aromatic N) is 4. The Morgan fingerprint density at radius 2 is 2.26 bits per heavy atom. The third-order valence-corrected chi connectivity index (χ3v) is 3.65. The van der Waals surface area contributed by atoms with Gasteiger partial charge < -0.3 is 11.1 Å². The third kappa shape index (κ3) is 3.60. The second kappa shape index (κ2) is 6.67. The lowest BCUT2D eigenvalue weighted by Crippen LogP contribution is -2.24. The molecule has 0 aliphatic carbocycles. The first-order valence-corrected chi connectivity index (χ1v) is 7.41. The summed E-state index contributed by atoms with van der Waals surface area (Å²) in [6, 6.07) is 3.65. The zero-order valence-corrected chi connectivity index (χ0v) is 13.8. The number of carbonyl (C=O) groups is 1. The largest absolute Gasteiger partial charge is 0.384 e. The molecule has 0 saturated heterocycles. The molecule has 0 fully saturated rings. The molecule has 1 atom stereocenters. The molecular formula is C15H17ClN6O. The van der Waals surface area contributed by atoms with Gasteiger partial charge in [-0.15, -0.1) is 0 Å². The SMILES string of the molecule is Cc1cc(N)nc(C)c1CNC(=O)c1cn(C(C)Cl)nc1C#N. The number of halogens is 1. The number of pyridine rings is 1. The Balaban J connectivity index is 2.19. The number of anilines is 1. The van der Waals surface area contributed by atoms with Crippen LogP contribution in [-0.2, 0) is 6.54 Å². The van der Waals surface area contributed by atoms with E-state index in [-0.39, 0.29) is 23.7 Å². The van der Waals surface area contributed by atoms with Crippen LogP contribution >= 0.6 is 11.6 Å². The lowest BCUT2D eigenvalue weighted by molar-refractivity contribution is 0.0950. The van der Waals surface area contributed by atoms with Crippen LogP contribution in [-0.4, -0.2) is 20.7 Å². The van der Waals surface area contributed by atoms with E-state index >= 15 is 0 Å². The molecule has 0 spiro atoms. The minimum atomic E-state index is -0.450. The van der Waals surface area contributed by atoms with Crippen LogP contribution < -0.4 is 11.1 Å². The summed E-state index contributed by atoms with van der Waals surface area (Å²) in [6.07, 6.45) is 1.46. The number of amides is 1. The van der Waals surface area contributed by atoms with Gasteiger partial charge in [0.05, 0.1) is 5.56 Å². The second-order valence-electron chi connectivity index (χ2n) is 5.17. The average molecular weight is 333 g/mol. The van der Waals surface area contributed by atoms with Crippen molar-refractivity contribution in [2.24, 2.45) is 0 Å². The number of aryl methyl sites for hydroxylation is 2. The lowest BCUT2D eigenvalue weighted by atomic mass is 10.1. The Hall–Kier alpha value is -2.59. The minimum absolute atomic E-state index is 0.0406. The molecule has 1 unspecified atom stereocenters. The number of nitrogens with one attached hydrogen (secondary N) is 1. The average Bonchev–Trinajstić information content (AvgIpc) is 2.90. The van der Waals surface area contributed by atoms with Crippen molar-refractivity contribution in [2.45, 2.75) is 32.8 Å². The Morgan fingerprint density at radius 1 is 1.57 bits per heavy atom. The van der Waals surface area contributed by atoms with Crippen LogP contribution in [0, 0.1) is 25.2 Å². The zero-order chi connectivity index (χ0) is 17.1. The Labute approximate surface area is 139 Å². The van der Waals surface area contributed by atoms with Gasteiger partial charge in [0.25, 0.3) is 5.91 Å². The summed E-state index contributed by atoms with van der Waals surface area (Å²) in [6.45, 7) is 5.72. The van der Waals surface area contributed by atoms with E-state index in [0.29, 0.717) is 5.82 Å². The smallest absolute Gasteiger partial charge is 0.256 e. The molecule has 0 bridgehead atoms. The molecular weight excluding hydrogens is 316 g/mol. The minimum Gasteiger partial charge on any atom is -0.384 e. The van der Waals surface area contributed by atoms with E-state index in [0.717, 1.165) is 16.8 Å². The van der Waals surface area contributed by atoms with Crippen molar-refractivity contribution in [3.8, 4) is 6.07 Å². The summed E-state index contributed by atoms with van der Waals surface area (Å²) in [5, 5.41) is 15.9. The van der Waals surface area contributed by atoms with Crippen LogP contribution in [0.4, 0.5) is 5.82 Å². The molecule has 2 heterocycles. The summed E-state index contributed by atoms with van der Waals surface area (Å²) in [5.74, 6) is 0.0555. The summed E-state index contributed by atoms with van der Waals surface area (Å²) < 4.78 is 1.37. The quantitative estimate of drug-likeness (QED) is 0.832. The van der Waals surface area contributed by atoms with E-state index in [1.807, 2.05) is 19.9 Å². The predicted octanol–water partition coefficient (Wildman–Crippen LogP) is 2.04. The monoisotopic (exact) mass is 332 g/mol. The van der Waals surface area contributed by atoms with Gasteiger partial charge in [0, 0.05) is 18.4 Å². The van der Waals surface area contributed by atoms with Gasteiger partial charge in [-0.3, -0.25) is 9.48 Å². The molecule has 2 aromatic rings. The van der Waals surface area contributed by atoms with E-state index in [9.17, 15) is 4.79 Å². The fourth-order valence-corrected chi connectivity index (χ4v) is 2.34. The number of hydrogen-bond acceptors (Lipinski definition) is 5. The van der Waals surface area contributed by atoms with Gasteiger partial charge in [-0.05, 0) is 38.0 Å². The lowest BCUT2D eigenvalue weighted by Gasteiger charge is -2.11. The molecule has 23 heavy (non-hydrogen) atoms. The highest BCUT2D eigenvalue weighted by molar-refractivity contribution is 6.18. The van der Waals surface area contributed by atoms with Crippen LogP contribution in [0.3, 0.4) is 0 Å². The van der Waals surface area contributed by atoms with Gasteiger partial charge in [0.2, 0.25) is 0 Å². The molecule has 0 saturated carbocycles. The summed E-state index contributed by atoms with van der Waals surface area (Å²) in [4.78, 5) is 16.5. The first-order chi connectivity index (χ1) is 10.8. The second-order valence-corrected chi connectivity index (χ2v) is 5.80. The normalized spacial score (nSPS) is 11.8. The van der Waals surface area contributed by atoms with Crippen LogP contribution in [0.2, 0.25) is 0 Å². The summed E-state index contributed by atoms with van der Waals surface area (Å²) in [5.41, 5.74) is 8.07. The van der Waals surface area contributed by atoms with Crippen LogP contribution in [0.5, 0.6) is 0 Å². The third-order valence-electron chi connectivity index (χ3n) is 3.45. The molecule has 0 radical (unpaired) electrons. The number of hydrogen-bond donors (Lipinski definition) is 2. The first kappa shape index (κ1) is 16.8. The van der Waals surface area contributed by atoms with Crippen molar-refractivity contribution in [1.82, 2.24) is 20.1 Å². The zero-order valence-electron chi connectivity index (χ0n) is 13.1. The number of nitrogens with two attached hydrogens (primary N) is 1. The van der Waals surface area contributed by atoms with Gasteiger partial charge in [-0.25, -0.2) is 4.98 Å². The van der Waals surface area contributed by atoms with Crippen molar-refractivity contribution in [3.05, 3.63) is 40.3 Å². The molecule has 120 valence electrons. The number of nitrogen functional groups attached to an aromatic ring is 1. The highest BCUT2D eigenvalue weighted by Gasteiger charge is 2.18. The number of rotatable bonds is 4. The molecule has 3 N–H and O–H groups in total. The van der Waals surface area contributed by atoms with Gasteiger partial charge >= 0.3 is 0 Å². The highest BCUT2D eigenvalue weighted by atomic mass is 35.5. The maximum absolute atomic E-state index is 12.3. The van der Waals surface area contributed by atoms with Crippen LogP contribution in [0.25, 0.3) is 0 Å². The molecule has 7 nitrogen and oxygen atoms in total. The molecule has 1 amide bonds. The van der Waals surface area contributed by atoms with Crippen LogP contribution in [0.15, 0.2) is 12.3 Å². The van der Waals surface area contributed by atoms with E-state index < -0.39 is 5.50 Å². The van der Waals surface area contributed by atoms with Crippen molar-refractivity contribution in [1.29, 1.82) is 5.26 Å². The predicted molar refractivity (Wildman–Crippen MR) is 86.8 cm³/mol. The van der Waals surface area contributed by atoms with E-state index in [4.69, 9.17) is 22.6 Å². The van der Waals surface area contributed by atoms with Gasteiger partial charge in [0.15, 0.2) is 5.69 Å². The van der Waals surface area contributed by atoms with Crippen LogP contribution in [0.1, 0.15) is 45.3 Å². The Bertz CT molecular complexity index is 767. The summed E-state index contributed by atoms with van der Waals surface area (Å²) >= 11 is 5.92. The van der Waals surface area contributed by atoms with E-state index in [1.54, 1.807) is 13.0 Å². The number of nitriles is 1. The maximum Gasteiger partial charge on any atom is 0.256 e. The Kier molecular flexibility index (Phi) is 4.86. The number of carbonyl (C=O) groups excluding carboxylic acids is 1. The molecule has 0 aliphatic rings. The van der Waals surface area contributed by atoms with Crippen molar-refractivity contribution in [3.63, 3.8) is 0 Å². The molecule has 0 aromatic carbocycles. The fraction of sp³-hybridized carbons (Fsp3) is 0.333. The fourth-order valence-electron chi connectivity index (χ4n) is 2.24. The molecule has 0 aliphatic heterocycles. The molecule has 8 heteroatoms. The molecule has 2 rings (SSSR count). The van der Waals surface area contributed by atoms with Crippen molar-refractivity contribution in [2.75, 3.05) is 5.73 Å². The number of aromatic nitrogens is 3. The van der Waals surface area contributed by atoms with Gasteiger partial charge in [-0.1, -0.05) is 11.6 Å². The molecule has 2 aromatic heterocycles. The van der Waals surface area contributed by atoms with Crippen molar-refractivity contribution >= 4 is 23.3 Å². The van der Waals surface area contributed by atoms with Crippen molar-refractivity contribution < 1.29 is 4.79 Å². The Morgan fingerprint density at radius 3 is 2.83 bits per heavy atom. The first-order valence-electron chi connectivity index (χ1n) is 6.97. The standard InChI is InChI=1S/C15H17ClN6O/c1-8-4-14(18)20-9(2)11(8)6-19-15(23)12-7-22(10(3)16)21-13(12)5-17/h4,7,10H,6H2,1-3H3,(H2,18,20)(H,19,23). The summed E-state index contributed by atoms with van der Waals surface area (Å²) in [7, 11) is 0. The topological polar surface area (TPSA) is 110 Å². The van der Waals surface area contributed by atoms with Gasteiger partial charge in [-0.2, -0.15) is 10.4 Å². The highest BCUT2D eigenvalue weighted by Crippen LogP contribution is 2.16. The van der Waals surface area contributed by atoms with E-state index in [1.165, 1.54) is 10.9 Å². The van der Waals surface area contributed by atoms with Gasteiger partial charge in [0.1, 0.15) is 17.4 Å². The number of alkyl halides is 1.